The van der Waals surface area contributed by atoms with Crippen LogP contribution in [0.5, 0.6) is 0 Å². The molecule has 0 spiro atoms. The zero-order chi connectivity index (χ0) is 15.2. The number of hydrogen-bond donors (Lipinski definition) is 0. The fourth-order valence-electron chi connectivity index (χ4n) is 2.80. The third-order valence-electron chi connectivity index (χ3n) is 3.98. The Balaban J connectivity index is 1.95. The summed E-state index contributed by atoms with van der Waals surface area (Å²) in [6.45, 7) is 5.38. The average molecular weight is 294 g/mol. The molecule has 0 amide bonds. The second-order valence-electron chi connectivity index (χ2n) is 5.33. The number of piperazine rings is 1. The smallest absolute Gasteiger partial charge is 0.323 e. The molecule has 4 nitrogen and oxygen atoms in total. The van der Waals surface area contributed by atoms with E-state index in [-0.39, 0.29) is 17.8 Å². The summed E-state index contributed by atoms with van der Waals surface area (Å²) in [4.78, 5) is 16.3. The number of carbonyl (C=O) groups is 1. The molecule has 0 N–H and O–H groups in total. The lowest BCUT2D eigenvalue weighted by atomic mass is 10.1. The lowest BCUT2D eigenvalue weighted by Crippen LogP contribution is -2.53. The second-order valence-corrected chi connectivity index (χ2v) is 5.33. The fraction of sp³-hybridized carbons (Fsp3) is 0.562. The van der Waals surface area contributed by atoms with Gasteiger partial charge in [0, 0.05) is 31.9 Å². The number of rotatable bonds is 5. The van der Waals surface area contributed by atoms with Gasteiger partial charge in [0.2, 0.25) is 0 Å². The first kappa shape index (κ1) is 15.8. The van der Waals surface area contributed by atoms with Gasteiger partial charge in [-0.1, -0.05) is 13.3 Å². The maximum absolute atomic E-state index is 13.0. The van der Waals surface area contributed by atoms with Gasteiger partial charge in [-0.05, 0) is 30.7 Å². The Bertz CT molecular complexity index is 456. The summed E-state index contributed by atoms with van der Waals surface area (Å²) in [6, 6.07) is 6.42. The Hall–Kier alpha value is -1.62. The van der Waals surface area contributed by atoms with Crippen molar-refractivity contribution in [1.82, 2.24) is 4.90 Å². The molecular formula is C16H23FN2O2. The van der Waals surface area contributed by atoms with Crippen LogP contribution in [0.15, 0.2) is 24.3 Å². The van der Waals surface area contributed by atoms with E-state index in [4.69, 9.17) is 4.74 Å². The number of benzene rings is 1. The summed E-state index contributed by atoms with van der Waals surface area (Å²) in [5.41, 5.74) is 1.03. The minimum Gasteiger partial charge on any atom is -0.468 e. The highest BCUT2D eigenvalue weighted by Crippen LogP contribution is 2.19. The van der Waals surface area contributed by atoms with Crippen molar-refractivity contribution in [3.63, 3.8) is 0 Å². The third kappa shape index (κ3) is 3.94. The molecule has 1 aromatic rings. The molecule has 1 aromatic carbocycles. The second kappa shape index (κ2) is 7.41. The van der Waals surface area contributed by atoms with Crippen molar-refractivity contribution < 1.29 is 13.9 Å². The first-order valence-electron chi connectivity index (χ1n) is 7.48. The Morgan fingerprint density at radius 3 is 2.38 bits per heavy atom. The normalized spacial score (nSPS) is 17.6. The SMILES string of the molecule is CCCC(C(=O)OC)N1CCN(c2ccc(F)cc2)CC1. The topological polar surface area (TPSA) is 32.8 Å². The molecule has 1 saturated heterocycles. The summed E-state index contributed by atoms with van der Waals surface area (Å²) >= 11 is 0. The summed E-state index contributed by atoms with van der Waals surface area (Å²) in [5.74, 6) is -0.363. The predicted molar refractivity (Wildman–Crippen MR) is 80.9 cm³/mol. The predicted octanol–water partition coefficient (Wildman–Crippen LogP) is 2.29. The maximum atomic E-state index is 13.0. The Kier molecular flexibility index (Phi) is 5.56. The van der Waals surface area contributed by atoms with Crippen molar-refractivity contribution in [2.24, 2.45) is 0 Å². The molecular weight excluding hydrogens is 271 g/mol. The van der Waals surface area contributed by atoms with Crippen LogP contribution in [0.1, 0.15) is 19.8 Å². The molecule has 21 heavy (non-hydrogen) atoms. The molecule has 1 aliphatic rings. The fourth-order valence-corrected chi connectivity index (χ4v) is 2.80. The molecule has 5 heteroatoms. The van der Waals surface area contributed by atoms with E-state index in [1.807, 2.05) is 0 Å². The van der Waals surface area contributed by atoms with Crippen molar-refractivity contribution in [3.05, 3.63) is 30.1 Å². The van der Waals surface area contributed by atoms with E-state index in [2.05, 4.69) is 16.7 Å². The van der Waals surface area contributed by atoms with E-state index in [0.29, 0.717) is 0 Å². The Labute approximate surface area is 125 Å². The standard InChI is InChI=1S/C16H23FN2O2/c1-3-4-15(16(20)21-2)19-11-9-18(10-12-19)14-7-5-13(17)6-8-14/h5-8,15H,3-4,9-12H2,1-2H3. The molecule has 2 rings (SSSR count). The largest absolute Gasteiger partial charge is 0.468 e. The number of nitrogens with zero attached hydrogens (tertiary/aromatic N) is 2. The van der Waals surface area contributed by atoms with Crippen molar-refractivity contribution in [2.45, 2.75) is 25.8 Å². The summed E-state index contributed by atoms with van der Waals surface area (Å²) in [5, 5.41) is 0. The zero-order valence-electron chi connectivity index (χ0n) is 12.7. The third-order valence-corrected chi connectivity index (χ3v) is 3.98. The van der Waals surface area contributed by atoms with Gasteiger partial charge in [0.1, 0.15) is 11.9 Å². The maximum Gasteiger partial charge on any atom is 0.323 e. The minimum atomic E-state index is -0.217. The van der Waals surface area contributed by atoms with E-state index >= 15 is 0 Å². The lowest BCUT2D eigenvalue weighted by molar-refractivity contribution is -0.147. The zero-order valence-corrected chi connectivity index (χ0v) is 12.7. The van der Waals surface area contributed by atoms with Crippen LogP contribution < -0.4 is 4.90 Å². The number of methoxy groups -OCH3 is 1. The van der Waals surface area contributed by atoms with E-state index < -0.39 is 0 Å². The highest BCUT2D eigenvalue weighted by molar-refractivity contribution is 5.75. The number of ether oxygens (including phenoxy) is 1. The van der Waals surface area contributed by atoms with Crippen LogP contribution in [0.25, 0.3) is 0 Å². The average Bonchev–Trinajstić information content (AvgIpc) is 2.53. The number of halogens is 1. The molecule has 1 aliphatic heterocycles. The highest BCUT2D eigenvalue weighted by atomic mass is 19.1. The number of esters is 1. The number of anilines is 1. The first-order chi connectivity index (χ1) is 10.2. The lowest BCUT2D eigenvalue weighted by Gasteiger charge is -2.39. The van der Waals surface area contributed by atoms with Crippen LogP contribution in [0.2, 0.25) is 0 Å². The van der Waals surface area contributed by atoms with Gasteiger partial charge in [-0.3, -0.25) is 9.69 Å². The van der Waals surface area contributed by atoms with Gasteiger partial charge in [-0.15, -0.1) is 0 Å². The van der Waals surface area contributed by atoms with Gasteiger partial charge in [0.15, 0.2) is 0 Å². The molecule has 1 unspecified atom stereocenters. The molecule has 1 heterocycles. The monoisotopic (exact) mass is 294 g/mol. The van der Waals surface area contributed by atoms with Crippen LogP contribution in [-0.2, 0) is 9.53 Å². The number of carbonyl (C=O) groups excluding carboxylic acids is 1. The molecule has 0 saturated carbocycles. The van der Waals surface area contributed by atoms with Gasteiger partial charge in [0.05, 0.1) is 7.11 Å². The Morgan fingerprint density at radius 1 is 1.24 bits per heavy atom. The van der Waals surface area contributed by atoms with Crippen LogP contribution in [0.3, 0.4) is 0 Å². The van der Waals surface area contributed by atoms with E-state index in [1.54, 1.807) is 12.1 Å². The van der Waals surface area contributed by atoms with Crippen LogP contribution >= 0.6 is 0 Å². The molecule has 0 aliphatic carbocycles. The van der Waals surface area contributed by atoms with Gasteiger partial charge in [-0.25, -0.2) is 4.39 Å². The molecule has 1 atom stereocenters. The van der Waals surface area contributed by atoms with Crippen molar-refractivity contribution in [3.8, 4) is 0 Å². The first-order valence-corrected chi connectivity index (χ1v) is 7.48. The Morgan fingerprint density at radius 2 is 1.86 bits per heavy atom. The van der Waals surface area contributed by atoms with Crippen LogP contribution in [-0.4, -0.2) is 50.2 Å². The van der Waals surface area contributed by atoms with Gasteiger partial charge in [0.25, 0.3) is 0 Å². The molecule has 116 valence electrons. The van der Waals surface area contributed by atoms with Crippen LogP contribution in [0, 0.1) is 5.82 Å². The highest BCUT2D eigenvalue weighted by Gasteiger charge is 2.29. The number of hydrogen-bond acceptors (Lipinski definition) is 4. The van der Waals surface area contributed by atoms with Crippen molar-refractivity contribution >= 4 is 11.7 Å². The summed E-state index contributed by atoms with van der Waals surface area (Å²) in [6.07, 6.45) is 1.78. The van der Waals surface area contributed by atoms with E-state index in [1.165, 1.54) is 19.2 Å². The minimum absolute atomic E-state index is 0.143. The van der Waals surface area contributed by atoms with Crippen LogP contribution in [0.4, 0.5) is 10.1 Å². The van der Waals surface area contributed by atoms with Gasteiger partial charge < -0.3 is 9.64 Å². The summed E-state index contributed by atoms with van der Waals surface area (Å²) < 4.78 is 17.9. The molecule has 0 aromatic heterocycles. The van der Waals surface area contributed by atoms with Gasteiger partial charge >= 0.3 is 5.97 Å². The summed E-state index contributed by atoms with van der Waals surface area (Å²) in [7, 11) is 1.44. The van der Waals surface area contributed by atoms with Crippen molar-refractivity contribution in [1.29, 1.82) is 0 Å². The molecule has 0 radical (unpaired) electrons. The van der Waals surface area contributed by atoms with E-state index in [9.17, 15) is 9.18 Å². The molecule has 0 bridgehead atoms. The van der Waals surface area contributed by atoms with Crippen molar-refractivity contribution in [2.75, 3.05) is 38.2 Å². The van der Waals surface area contributed by atoms with E-state index in [0.717, 1.165) is 44.7 Å². The van der Waals surface area contributed by atoms with Gasteiger partial charge in [-0.2, -0.15) is 0 Å². The molecule has 1 fully saturated rings. The quantitative estimate of drug-likeness (QED) is 0.780.